The van der Waals surface area contributed by atoms with Gasteiger partial charge in [-0.1, -0.05) is 22.9 Å². The molecule has 0 fully saturated rings. The van der Waals surface area contributed by atoms with Crippen molar-refractivity contribution in [3.05, 3.63) is 64.1 Å². The number of thiazole rings is 1. The minimum atomic E-state index is -0.418. The van der Waals surface area contributed by atoms with E-state index >= 15 is 0 Å². The van der Waals surface area contributed by atoms with Crippen LogP contribution in [-0.2, 0) is 0 Å². The van der Waals surface area contributed by atoms with E-state index in [0.717, 1.165) is 26.3 Å². The first kappa shape index (κ1) is 16.4. The Morgan fingerprint density at radius 1 is 1.22 bits per heavy atom. The van der Waals surface area contributed by atoms with Crippen LogP contribution in [0.25, 0.3) is 37.4 Å². The summed E-state index contributed by atoms with van der Waals surface area (Å²) in [6, 6.07) is 12.9. The summed E-state index contributed by atoms with van der Waals surface area (Å²) < 4.78 is 14.0. The van der Waals surface area contributed by atoms with Gasteiger partial charge in [-0.2, -0.15) is 0 Å². The molecule has 3 heterocycles. The number of nitrogens with zero attached hydrogens (tertiary/aromatic N) is 2. The minimum absolute atomic E-state index is 0.416. The SMILES string of the molecule is CCOc1ccc2c(c1)sc1nc(-c3cc4cc(Cl)ccc4oc3=O)cn12. The summed E-state index contributed by atoms with van der Waals surface area (Å²) in [5.41, 5.74) is 2.10. The molecule has 2 aromatic carbocycles. The van der Waals surface area contributed by atoms with Gasteiger partial charge in [-0.05, 0) is 49.4 Å². The van der Waals surface area contributed by atoms with Crippen molar-refractivity contribution in [3.63, 3.8) is 0 Å². The van der Waals surface area contributed by atoms with Gasteiger partial charge in [-0.15, -0.1) is 0 Å². The lowest BCUT2D eigenvalue weighted by molar-refractivity contribution is 0.341. The van der Waals surface area contributed by atoms with Crippen LogP contribution in [0.2, 0.25) is 5.02 Å². The molecule has 0 aliphatic carbocycles. The van der Waals surface area contributed by atoms with Crippen molar-refractivity contribution in [1.82, 2.24) is 9.38 Å². The first-order valence-electron chi connectivity index (χ1n) is 8.40. The van der Waals surface area contributed by atoms with E-state index in [2.05, 4.69) is 4.98 Å². The molecule has 0 amide bonds. The third kappa shape index (κ3) is 2.69. The van der Waals surface area contributed by atoms with Crippen LogP contribution < -0.4 is 10.4 Å². The Hall–Kier alpha value is -2.83. The Balaban J connectivity index is 1.68. The zero-order valence-electron chi connectivity index (χ0n) is 14.2. The Kier molecular flexibility index (Phi) is 3.70. The maximum absolute atomic E-state index is 12.4. The molecule has 0 atom stereocenters. The zero-order valence-corrected chi connectivity index (χ0v) is 15.8. The van der Waals surface area contributed by atoms with Crippen LogP contribution in [0.4, 0.5) is 0 Å². The average Bonchev–Trinajstić information content (AvgIpc) is 3.19. The van der Waals surface area contributed by atoms with Gasteiger partial charge in [0.25, 0.3) is 0 Å². The van der Waals surface area contributed by atoms with Gasteiger partial charge >= 0.3 is 5.63 Å². The second-order valence-electron chi connectivity index (χ2n) is 6.07. The van der Waals surface area contributed by atoms with E-state index in [1.807, 2.05) is 35.7 Å². The molecule has 0 radical (unpaired) electrons. The number of hydrogen-bond acceptors (Lipinski definition) is 5. The molecule has 0 aliphatic heterocycles. The van der Waals surface area contributed by atoms with Gasteiger partial charge in [-0.25, -0.2) is 9.78 Å². The van der Waals surface area contributed by atoms with E-state index in [1.54, 1.807) is 35.6 Å². The summed E-state index contributed by atoms with van der Waals surface area (Å²) in [7, 11) is 0. The van der Waals surface area contributed by atoms with Gasteiger partial charge in [0.15, 0.2) is 4.96 Å². The highest BCUT2D eigenvalue weighted by atomic mass is 35.5. The summed E-state index contributed by atoms with van der Waals surface area (Å²) in [5.74, 6) is 0.835. The van der Waals surface area contributed by atoms with Crippen LogP contribution >= 0.6 is 22.9 Å². The summed E-state index contributed by atoms with van der Waals surface area (Å²) in [4.78, 5) is 17.9. The quantitative estimate of drug-likeness (QED) is 0.384. The summed E-state index contributed by atoms with van der Waals surface area (Å²) >= 11 is 7.60. The topological polar surface area (TPSA) is 56.7 Å². The lowest BCUT2D eigenvalue weighted by atomic mass is 10.1. The van der Waals surface area contributed by atoms with Crippen LogP contribution in [-0.4, -0.2) is 16.0 Å². The molecule has 5 aromatic rings. The van der Waals surface area contributed by atoms with Gasteiger partial charge in [0, 0.05) is 16.6 Å². The van der Waals surface area contributed by atoms with E-state index in [4.69, 9.17) is 20.8 Å². The number of imidazole rings is 1. The highest BCUT2D eigenvalue weighted by Gasteiger charge is 2.15. The van der Waals surface area contributed by atoms with Gasteiger partial charge in [0.05, 0.1) is 28.1 Å². The van der Waals surface area contributed by atoms with Crippen LogP contribution in [0, 0.1) is 0 Å². The minimum Gasteiger partial charge on any atom is -0.494 e. The van der Waals surface area contributed by atoms with Crippen LogP contribution in [0.15, 0.2) is 57.9 Å². The maximum atomic E-state index is 12.4. The van der Waals surface area contributed by atoms with E-state index < -0.39 is 5.63 Å². The third-order valence-electron chi connectivity index (χ3n) is 4.35. The third-order valence-corrected chi connectivity index (χ3v) is 5.60. The van der Waals surface area contributed by atoms with E-state index in [1.165, 1.54) is 0 Å². The highest BCUT2D eigenvalue weighted by molar-refractivity contribution is 7.23. The van der Waals surface area contributed by atoms with Gasteiger partial charge in [0.1, 0.15) is 11.3 Å². The Morgan fingerprint density at radius 2 is 2.11 bits per heavy atom. The van der Waals surface area contributed by atoms with Crippen molar-refractivity contribution in [1.29, 1.82) is 0 Å². The molecule has 0 saturated carbocycles. The lowest BCUT2D eigenvalue weighted by Crippen LogP contribution is -2.02. The smallest absolute Gasteiger partial charge is 0.345 e. The number of ether oxygens (including phenoxy) is 1. The average molecular weight is 397 g/mol. The number of halogens is 1. The highest BCUT2D eigenvalue weighted by Crippen LogP contribution is 2.32. The predicted molar refractivity (Wildman–Crippen MR) is 108 cm³/mol. The van der Waals surface area contributed by atoms with Crippen molar-refractivity contribution in [2.24, 2.45) is 0 Å². The van der Waals surface area contributed by atoms with Crippen LogP contribution in [0.1, 0.15) is 6.92 Å². The molecule has 0 aliphatic rings. The molecule has 7 heteroatoms. The lowest BCUT2D eigenvalue weighted by Gasteiger charge is -2.02. The number of benzene rings is 2. The van der Waals surface area contributed by atoms with Gasteiger partial charge in [-0.3, -0.25) is 4.40 Å². The first-order chi connectivity index (χ1) is 13.1. The fraction of sp³-hybridized carbons (Fsp3) is 0.100. The molecular weight excluding hydrogens is 384 g/mol. The van der Waals surface area contributed by atoms with E-state index in [-0.39, 0.29) is 0 Å². The maximum Gasteiger partial charge on any atom is 0.345 e. The van der Waals surface area contributed by atoms with Crippen molar-refractivity contribution in [3.8, 4) is 17.0 Å². The molecule has 134 valence electrons. The molecule has 27 heavy (non-hydrogen) atoms. The molecule has 3 aromatic heterocycles. The number of fused-ring (bicyclic) bond motifs is 4. The van der Waals surface area contributed by atoms with Crippen molar-refractivity contribution >= 4 is 49.1 Å². The number of hydrogen-bond donors (Lipinski definition) is 0. The number of aromatic nitrogens is 2. The van der Waals surface area contributed by atoms with Gasteiger partial charge < -0.3 is 9.15 Å². The van der Waals surface area contributed by atoms with Crippen molar-refractivity contribution < 1.29 is 9.15 Å². The van der Waals surface area contributed by atoms with Gasteiger partial charge in [0.2, 0.25) is 0 Å². The fourth-order valence-corrected chi connectivity index (χ4v) is 4.36. The number of rotatable bonds is 3. The van der Waals surface area contributed by atoms with Crippen molar-refractivity contribution in [2.45, 2.75) is 6.92 Å². The Labute approximate surface area is 162 Å². The fourth-order valence-electron chi connectivity index (χ4n) is 3.14. The Morgan fingerprint density at radius 3 is 2.96 bits per heavy atom. The standard InChI is InChI=1S/C20H13ClN2O3S/c1-2-25-13-4-5-16-18(9-13)27-20-22-15(10-23(16)20)14-8-11-7-12(21)3-6-17(11)26-19(14)24/h3-10H,2H2,1H3. The molecule has 5 nitrogen and oxygen atoms in total. The van der Waals surface area contributed by atoms with Crippen LogP contribution in [0.5, 0.6) is 5.75 Å². The second-order valence-corrected chi connectivity index (χ2v) is 7.52. The Bertz CT molecular complexity index is 1380. The van der Waals surface area contributed by atoms with Crippen LogP contribution in [0.3, 0.4) is 0 Å². The van der Waals surface area contributed by atoms with Crippen molar-refractivity contribution in [2.75, 3.05) is 6.61 Å². The first-order valence-corrected chi connectivity index (χ1v) is 9.60. The predicted octanol–water partition coefficient (Wildman–Crippen LogP) is 5.37. The summed E-state index contributed by atoms with van der Waals surface area (Å²) in [6.07, 6.45) is 1.86. The zero-order chi connectivity index (χ0) is 18.5. The molecule has 5 rings (SSSR count). The van der Waals surface area contributed by atoms with E-state index in [9.17, 15) is 4.79 Å². The molecular formula is C20H13ClN2O3S. The molecule has 0 unspecified atom stereocenters. The normalized spacial score (nSPS) is 11.6. The largest absolute Gasteiger partial charge is 0.494 e. The monoisotopic (exact) mass is 396 g/mol. The molecule has 0 bridgehead atoms. The summed E-state index contributed by atoms with van der Waals surface area (Å²) in [6.45, 7) is 2.58. The molecule has 0 saturated heterocycles. The van der Waals surface area contributed by atoms with E-state index in [0.29, 0.717) is 28.5 Å². The summed E-state index contributed by atoms with van der Waals surface area (Å²) in [5, 5.41) is 1.35. The molecule has 0 spiro atoms. The second kappa shape index (κ2) is 6.11. The molecule has 0 N–H and O–H groups in total.